The molecular weight excluding hydrogens is 490 g/mol. The van der Waals surface area contributed by atoms with Crippen LogP contribution in [0.5, 0.6) is 5.75 Å². The van der Waals surface area contributed by atoms with Crippen LogP contribution < -0.4 is 15.8 Å². The number of likely N-dealkylation sites (tertiary alicyclic amines) is 1. The van der Waals surface area contributed by atoms with Crippen molar-refractivity contribution in [3.8, 4) is 5.75 Å². The summed E-state index contributed by atoms with van der Waals surface area (Å²) in [5.41, 5.74) is 10.5. The van der Waals surface area contributed by atoms with Gasteiger partial charge >= 0.3 is 0 Å². The van der Waals surface area contributed by atoms with Crippen LogP contribution in [0.25, 0.3) is 10.9 Å². The normalized spacial score (nSPS) is 17.7. The molecule has 2 aromatic carbocycles. The number of aromatic nitrogens is 2. The summed E-state index contributed by atoms with van der Waals surface area (Å²) >= 11 is 0. The third-order valence-corrected chi connectivity index (χ3v) is 7.49. The number of carbonyl (C=O) groups excluding carboxylic acids is 2. The minimum Gasteiger partial charge on any atom is -0.497 e. The highest BCUT2D eigenvalue weighted by Crippen LogP contribution is 2.28. The first-order valence-corrected chi connectivity index (χ1v) is 13.4. The Labute approximate surface area is 228 Å². The molecule has 1 fully saturated rings. The average Bonchev–Trinajstić information content (AvgIpc) is 3.59. The summed E-state index contributed by atoms with van der Waals surface area (Å²) in [6, 6.07) is 20.7. The van der Waals surface area contributed by atoms with Crippen molar-refractivity contribution in [2.75, 3.05) is 13.7 Å². The molecule has 0 saturated carbocycles. The van der Waals surface area contributed by atoms with Crippen LogP contribution in [0.3, 0.4) is 0 Å². The number of hydrogen-bond acceptors (Lipinski definition) is 5. The first-order valence-electron chi connectivity index (χ1n) is 13.4. The quantitative estimate of drug-likeness (QED) is 0.293. The molecule has 5 rings (SSSR count). The van der Waals surface area contributed by atoms with Gasteiger partial charge in [-0.15, -0.1) is 0 Å². The Balaban J connectivity index is 1.27. The summed E-state index contributed by atoms with van der Waals surface area (Å²) in [4.78, 5) is 36.1. The fourth-order valence-electron chi connectivity index (χ4n) is 5.39. The highest BCUT2D eigenvalue weighted by molar-refractivity contribution is 5.90. The van der Waals surface area contributed by atoms with Crippen molar-refractivity contribution >= 4 is 22.7 Å². The lowest BCUT2D eigenvalue weighted by Crippen LogP contribution is -2.51. The Morgan fingerprint density at radius 1 is 1.13 bits per heavy atom. The number of benzene rings is 2. The fraction of sp³-hybridized carbons (Fsp3) is 0.323. The number of hydrogen-bond donors (Lipinski definition) is 3. The van der Waals surface area contributed by atoms with Crippen molar-refractivity contribution in [3.63, 3.8) is 0 Å². The van der Waals surface area contributed by atoms with Gasteiger partial charge in [-0.25, -0.2) is 0 Å². The van der Waals surface area contributed by atoms with E-state index in [9.17, 15) is 9.59 Å². The maximum atomic E-state index is 13.5. The molecule has 8 heteroatoms. The molecule has 0 unspecified atom stereocenters. The van der Waals surface area contributed by atoms with Gasteiger partial charge in [0.25, 0.3) is 0 Å². The van der Waals surface area contributed by atoms with Crippen LogP contribution >= 0.6 is 0 Å². The number of aryl methyl sites for hydroxylation is 1. The first kappa shape index (κ1) is 26.4. The number of aromatic amines is 1. The van der Waals surface area contributed by atoms with Gasteiger partial charge < -0.3 is 25.7 Å². The number of fused-ring (bicyclic) bond motifs is 1. The number of pyridine rings is 1. The van der Waals surface area contributed by atoms with E-state index in [1.807, 2.05) is 66.7 Å². The molecule has 39 heavy (non-hydrogen) atoms. The lowest BCUT2D eigenvalue weighted by atomic mass is 9.96. The second kappa shape index (κ2) is 12.1. The van der Waals surface area contributed by atoms with Gasteiger partial charge in [0.1, 0.15) is 11.8 Å². The van der Waals surface area contributed by atoms with E-state index >= 15 is 0 Å². The van der Waals surface area contributed by atoms with Crippen LogP contribution in [0, 0.1) is 5.92 Å². The largest absolute Gasteiger partial charge is 0.497 e. The van der Waals surface area contributed by atoms with E-state index in [1.54, 1.807) is 24.4 Å². The smallest absolute Gasteiger partial charge is 0.243 e. The molecule has 2 aromatic heterocycles. The highest BCUT2D eigenvalue weighted by atomic mass is 16.5. The number of amides is 2. The third-order valence-electron chi connectivity index (χ3n) is 7.49. The second-order valence-corrected chi connectivity index (χ2v) is 10.3. The van der Waals surface area contributed by atoms with Crippen molar-refractivity contribution in [3.05, 3.63) is 95.9 Å². The predicted molar refractivity (Wildman–Crippen MR) is 151 cm³/mol. The molecule has 0 spiro atoms. The van der Waals surface area contributed by atoms with Crippen molar-refractivity contribution in [1.82, 2.24) is 20.2 Å². The maximum Gasteiger partial charge on any atom is 0.243 e. The summed E-state index contributed by atoms with van der Waals surface area (Å²) in [5.74, 6) is 0.627. The molecule has 3 heterocycles. The topological polar surface area (TPSA) is 113 Å². The van der Waals surface area contributed by atoms with Crippen molar-refractivity contribution in [2.45, 2.75) is 44.3 Å². The van der Waals surface area contributed by atoms with Crippen LogP contribution in [0.1, 0.15) is 29.7 Å². The zero-order valence-corrected chi connectivity index (χ0v) is 22.2. The number of rotatable bonds is 10. The van der Waals surface area contributed by atoms with E-state index in [-0.39, 0.29) is 17.7 Å². The lowest BCUT2D eigenvalue weighted by molar-refractivity contribution is -0.139. The number of H-pyrrole nitrogens is 1. The minimum atomic E-state index is -0.665. The van der Waals surface area contributed by atoms with Crippen molar-refractivity contribution in [1.29, 1.82) is 0 Å². The Bertz CT molecular complexity index is 1370. The minimum absolute atomic E-state index is 0.151. The average molecular weight is 526 g/mol. The number of nitrogens with one attached hydrogen (secondary N) is 2. The summed E-state index contributed by atoms with van der Waals surface area (Å²) in [7, 11) is 1.65. The molecular formula is C31H35N5O3. The molecule has 1 saturated heterocycles. The molecule has 1 aliphatic heterocycles. The van der Waals surface area contributed by atoms with Gasteiger partial charge in [-0.05, 0) is 67.0 Å². The van der Waals surface area contributed by atoms with Crippen molar-refractivity contribution < 1.29 is 14.3 Å². The molecule has 0 bridgehead atoms. The maximum absolute atomic E-state index is 13.5. The zero-order valence-electron chi connectivity index (χ0n) is 22.2. The number of methoxy groups -OCH3 is 1. The lowest BCUT2D eigenvalue weighted by Gasteiger charge is -2.27. The van der Waals surface area contributed by atoms with Crippen LogP contribution in [0.2, 0.25) is 0 Å². The van der Waals surface area contributed by atoms with Gasteiger partial charge in [-0.1, -0.05) is 42.5 Å². The number of nitrogens with zero attached hydrogens (tertiary/aromatic N) is 2. The van der Waals surface area contributed by atoms with E-state index in [2.05, 4.69) is 15.3 Å². The van der Waals surface area contributed by atoms with Gasteiger partial charge in [-0.2, -0.15) is 0 Å². The SMILES string of the molecule is COc1ccc(C[C@@H]2C[C@@H](C(=O)NCc3cc4ccncc4[nH]3)N(C(=O)[C@H](N)CCc3ccccc3)C2)cc1. The van der Waals surface area contributed by atoms with E-state index < -0.39 is 12.1 Å². The van der Waals surface area contributed by atoms with Crippen LogP contribution in [-0.2, 0) is 29.0 Å². The van der Waals surface area contributed by atoms with Gasteiger partial charge in [-0.3, -0.25) is 14.6 Å². The molecule has 4 N–H and O–H groups in total. The highest BCUT2D eigenvalue weighted by Gasteiger charge is 2.40. The number of carbonyl (C=O) groups is 2. The van der Waals surface area contributed by atoms with E-state index in [4.69, 9.17) is 10.5 Å². The van der Waals surface area contributed by atoms with E-state index in [0.29, 0.717) is 32.4 Å². The van der Waals surface area contributed by atoms with Crippen LogP contribution in [0.4, 0.5) is 0 Å². The summed E-state index contributed by atoms with van der Waals surface area (Å²) in [6.07, 6.45) is 6.10. The standard InChI is InChI=1S/C31H35N5O3/c1-39-26-10-7-22(8-11-26)15-23-16-29(30(37)34-18-25-17-24-13-14-33-19-28(24)35-25)36(20-23)31(38)27(32)12-9-21-5-3-2-4-6-21/h2-8,10-11,13-14,17,19,23,27,29,35H,9,12,15-16,18,20,32H2,1H3,(H,34,37)/t23-,27-,29+/m1/s1. The summed E-state index contributed by atoms with van der Waals surface area (Å²) < 4.78 is 5.27. The molecule has 0 radical (unpaired) electrons. The Morgan fingerprint density at radius 3 is 2.67 bits per heavy atom. The molecule has 0 aliphatic carbocycles. The number of ether oxygens (including phenoxy) is 1. The molecule has 3 atom stereocenters. The molecule has 2 amide bonds. The van der Waals surface area contributed by atoms with Gasteiger partial charge in [0, 0.05) is 23.8 Å². The predicted octanol–water partition coefficient (Wildman–Crippen LogP) is 3.61. The third kappa shape index (κ3) is 6.46. The second-order valence-electron chi connectivity index (χ2n) is 10.3. The number of nitrogens with two attached hydrogens (primary N) is 1. The Hall–Kier alpha value is -4.17. The fourth-order valence-corrected chi connectivity index (χ4v) is 5.39. The zero-order chi connectivity index (χ0) is 27.2. The van der Waals surface area contributed by atoms with Crippen LogP contribution in [-0.4, -0.2) is 52.4 Å². The molecule has 4 aromatic rings. The first-order chi connectivity index (χ1) is 19.0. The van der Waals surface area contributed by atoms with Crippen LogP contribution in [0.15, 0.2) is 79.1 Å². The van der Waals surface area contributed by atoms with Gasteiger partial charge in [0.15, 0.2) is 0 Å². The molecule has 8 nitrogen and oxygen atoms in total. The summed E-state index contributed by atoms with van der Waals surface area (Å²) in [5, 5.41) is 4.08. The van der Waals surface area contributed by atoms with Gasteiger partial charge in [0.2, 0.25) is 11.8 Å². The summed E-state index contributed by atoms with van der Waals surface area (Å²) in [6.45, 7) is 0.843. The Morgan fingerprint density at radius 2 is 1.92 bits per heavy atom. The van der Waals surface area contributed by atoms with Crippen molar-refractivity contribution in [2.24, 2.45) is 11.7 Å². The monoisotopic (exact) mass is 525 g/mol. The van der Waals surface area contributed by atoms with E-state index in [0.717, 1.165) is 39.9 Å². The van der Waals surface area contributed by atoms with Gasteiger partial charge in [0.05, 0.1) is 31.4 Å². The Kier molecular flexibility index (Phi) is 8.22. The molecule has 1 aliphatic rings. The van der Waals surface area contributed by atoms with E-state index in [1.165, 1.54) is 0 Å². The molecule has 202 valence electrons.